The van der Waals surface area contributed by atoms with Crippen molar-refractivity contribution in [2.45, 2.75) is 18.9 Å². The number of amides is 7. The minimum atomic E-state index is -1.03. The first-order valence-electron chi connectivity index (χ1n) is 17.5. The minimum absolute atomic E-state index is 0.0531. The molecule has 0 spiro atoms. The van der Waals surface area contributed by atoms with Crippen molar-refractivity contribution < 1.29 is 28.8 Å². The Morgan fingerprint density at radius 2 is 1.60 bits per heavy atom. The number of hydrogen-bond donors (Lipinski definition) is 4. The van der Waals surface area contributed by atoms with Gasteiger partial charge in [-0.25, -0.2) is 14.8 Å². The number of nitrogens with zero attached hydrogens (tertiary/aromatic N) is 5. The van der Waals surface area contributed by atoms with Crippen molar-refractivity contribution in [2.75, 3.05) is 55.2 Å². The van der Waals surface area contributed by atoms with Crippen molar-refractivity contribution in [1.29, 1.82) is 0 Å². The van der Waals surface area contributed by atoms with Crippen molar-refractivity contribution >= 4 is 64.2 Å². The van der Waals surface area contributed by atoms with E-state index in [4.69, 9.17) is 11.6 Å². The molecule has 278 valence electrons. The van der Waals surface area contributed by atoms with Gasteiger partial charge in [0.2, 0.25) is 11.8 Å². The molecule has 4 aromatic rings. The van der Waals surface area contributed by atoms with E-state index in [1.165, 1.54) is 18.5 Å². The Kier molecular flexibility index (Phi) is 10.8. The highest BCUT2D eigenvalue weighted by atomic mass is 35.5. The molecule has 3 aliphatic rings. The number of carbonyl (C=O) groups is 6. The van der Waals surface area contributed by atoms with Crippen LogP contribution in [0.5, 0.6) is 0 Å². The lowest BCUT2D eigenvalue weighted by atomic mass is 10.0. The third-order valence-electron chi connectivity index (χ3n) is 9.32. The zero-order valence-electron chi connectivity index (χ0n) is 29.3. The van der Waals surface area contributed by atoms with E-state index in [0.29, 0.717) is 73.2 Å². The number of piperazine rings is 1. The van der Waals surface area contributed by atoms with E-state index in [0.717, 1.165) is 4.90 Å². The van der Waals surface area contributed by atoms with E-state index in [1.807, 2.05) is 6.07 Å². The summed E-state index contributed by atoms with van der Waals surface area (Å²) in [4.78, 5) is 89.6. The van der Waals surface area contributed by atoms with Crippen molar-refractivity contribution in [2.24, 2.45) is 0 Å². The maximum Gasteiger partial charge on any atom is 0.323 e. The van der Waals surface area contributed by atoms with Gasteiger partial charge < -0.3 is 20.9 Å². The minimum Gasteiger partial charge on any atom is -0.383 e. The van der Waals surface area contributed by atoms with Crippen LogP contribution in [0.1, 0.15) is 55.2 Å². The number of nitrogens with one attached hydrogen (secondary N) is 4. The number of pyridine rings is 2. The third kappa shape index (κ3) is 8.46. The number of urea groups is 1. The van der Waals surface area contributed by atoms with Crippen LogP contribution in [0, 0.1) is 11.8 Å². The van der Waals surface area contributed by atoms with E-state index in [1.54, 1.807) is 59.5 Å². The van der Waals surface area contributed by atoms with Gasteiger partial charge in [0, 0.05) is 86.3 Å². The van der Waals surface area contributed by atoms with E-state index >= 15 is 0 Å². The highest BCUT2D eigenvalue weighted by Gasteiger charge is 2.45. The molecule has 1 unspecified atom stereocenters. The molecule has 2 saturated heterocycles. The largest absolute Gasteiger partial charge is 0.383 e. The summed E-state index contributed by atoms with van der Waals surface area (Å²) in [6.07, 6.45) is 3.17. The van der Waals surface area contributed by atoms with Gasteiger partial charge in [0.05, 0.1) is 11.1 Å². The molecule has 16 heteroatoms. The summed E-state index contributed by atoms with van der Waals surface area (Å²) in [6, 6.07) is 17.0. The highest BCUT2D eigenvalue weighted by Crippen LogP contribution is 2.32. The number of rotatable bonds is 8. The molecule has 2 aromatic carbocycles. The fourth-order valence-electron chi connectivity index (χ4n) is 6.58. The monoisotopic (exact) mass is 759 g/mol. The van der Waals surface area contributed by atoms with Crippen LogP contribution in [0.2, 0.25) is 5.15 Å². The molecule has 5 heterocycles. The number of imide groups is 2. The van der Waals surface area contributed by atoms with E-state index in [2.05, 4.69) is 48.0 Å². The molecule has 55 heavy (non-hydrogen) atoms. The van der Waals surface area contributed by atoms with E-state index in [9.17, 15) is 28.8 Å². The summed E-state index contributed by atoms with van der Waals surface area (Å²) in [7, 11) is 0. The Morgan fingerprint density at radius 1 is 0.855 bits per heavy atom. The molecule has 3 aliphatic heterocycles. The first-order chi connectivity index (χ1) is 26.6. The van der Waals surface area contributed by atoms with Crippen molar-refractivity contribution in [3.05, 3.63) is 112 Å². The number of fused-ring (bicyclic) bond motifs is 1. The van der Waals surface area contributed by atoms with Gasteiger partial charge in [-0.15, -0.1) is 0 Å². The predicted molar refractivity (Wildman–Crippen MR) is 202 cm³/mol. The van der Waals surface area contributed by atoms with Gasteiger partial charge in [-0.2, -0.15) is 0 Å². The third-order valence-corrected chi connectivity index (χ3v) is 9.52. The number of hydrogen-bond acceptors (Lipinski definition) is 10. The lowest BCUT2D eigenvalue weighted by Crippen LogP contribution is -2.54. The van der Waals surface area contributed by atoms with Crippen LogP contribution in [0.25, 0.3) is 0 Å². The standard InChI is InChI=1S/C39H34ClN9O6/c40-32-23-28(12-14-43-32)45-39(55)44-27-11-13-41-26(22-27)8-7-24-3-1-4-25(21-24)36(52)48-19-17-47(18-20-48)16-15-42-30-6-2-5-29-34(30)38(54)49(37(29)53)31-9-10-33(50)46-35(31)51/h1-6,11-14,21-23,31,42H,9-10,15-20H2,(H,46,50,51)(H2,41,43,44,45,55). The van der Waals surface area contributed by atoms with Gasteiger partial charge in [-0.05, 0) is 66.9 Å². The fourth-order valence-corrected chi connectivity index (χ4v) is 6.76. The number of aromatic nitrogens is 2. The molecule has 15 nitrogen and oxygen atoms in total. The molecule has 0 saturated carbocycles. The van der Waals surface area contributed by atoms with Crippen LogP contribution in [0.3, 0.4) is 0 Å². The number of piperidine rings is 1. The maximum absolute atomic E-state index is 13.4. The van der Waals surface area contributed by atoms with Gasteiger partial charge in [0.1, 0.15) is 16.9 Å². The first kappa shape index (κ1) is 36.7. The molecule has 0 bridgehead atoms. The number of halogens is 1. The summed E-state index contributed by atoms with van der Waals surface area (Å²) >= 11 is 5.88. The van der Waals surface area contributed by atoms with Gasteiger partial charge in [-0.1, -0.05) is 29.7 Å². The molecule has 7 amide bonds. The molecular formula is C39H34ClN9O6. The van der Waals surface area contributed by atoms with Crippen molar-refractivity contribution in [1.82, 2.24) is 30.0 Å². The topological polar surface area (TPSA) is 186 Å². The van der Waals surface area contributed by atoms with Crippen LogP contribution in [-0.4, -0.2) is 106 Å². The Hall–Kier alpha value is -6.63. The summed E-state index contributed by atoms with van der Waals surface area (Å²) in [6.45, 7) is 3.44. The Balaban J connectivity index is 0.896. The molecule has 7 rings (SSSR count). The zero-order valence-corrected chi connectivity index (χ0v) is 30.1. The second kappa shape index (κ2) is 16.2. The highest BCUT2D eigenvalue weighted by molar-refractivity contribution is 6.29. The maximum atomic E-state index is 13.4. The van der Waals surface area contributed by atoms with Crippen LogP contribution < -0.4 is 21.3 Å². The van der Waals surface area contributed by atoms with Crippen LogP contribution in [0.15, 0.2) is 79.1 Å². The van der Waals surface area contributed by atoms with E-state index in [-0.39, 0.29) is 35.0 Å². The number of benzene rings is 2. The Morgan fingerprint density at radius 3 is 2.36 bits per heavy atom. The van der Waals surface area contributed by atoms with Gasteiger partial charge in [-0.3, -0.25) is 39.1 Å². The summed E-state index contributed by atoms with van der Waals surface area (Å²) in [5.41, 5.74) is 3.49. The number of anilines is 3. The van der Waals surface area contributed by atoms with E-state index < -0.39 is 35.7 Å². The average molecular weight is 760 g/mol. The zero-order chi connectivity index (χ0) is 38.5. The summed E-state index contributed by atoms with van der Waals surface area (Å²) in [5, 5.41) is 11.2. The Labute approximate surface area is 320 Å². The molecule has 4 N–H and O–H groups in total. The first-order valence-corrected chi connectivity index (χ1v) is 17.9. The SMILES string of the molecule is O=C1CCC(N2C(=O)c3cccc(NCCN4CCN(C(=O)c5cccc(C#Cc6cc(NC(=O)Nc7ccnc(Cl)c7)ccn6)c5)CC4)c3C2=O)C(=O)N1. The van der Waals surface area contributed by atoms with Crippen LogP contribution in [-0.2, 0) is 9.59 Å². The van der Waals surface area contributed by atoms with Crippen LogP contribution >= 0.6 is 11.6 Å². The molecule has 0 radical (unpaired) electrons. The van der Waals surface area contributed by atoms with Crippen LogP contribution in [0.4, 0.5) is 21.9 Å². The molecule has 2 aromatic heterocycles. The van der Waals surface area contributed by atoms with Gasteiger partial charge in [0.15, 0.2) is 0 Å². The lowest BCUT2D eigenvalue weighted by Gasteiger charge is -2.35. The second-order valence-corrected chi connectivity index (χ2v) is 13.3. The van der Waals surface area contributed by atoms with Crippen molar-refractivity contribution in [3.8, 4) is 11.8 Å². The molecule has 0 aliphatic carbocycles. The fraction of sp³-hybridized carbons (Fsp3) is 0.231. The Bertz CT molecular complexity index is 2280. The second-order valence-electron chi connectivity index (χ2n) is 12.9. The smallest absolute Gasteiger partial charge is 0.323 e. The molecule has 2 fully saturated rings. The van der Waals surface area contributed by atoms with Gasteiger partial charge in [0.25, 0.3) is 17.7 Å². The summed E-state index contributed by atoms with van der Waals surface area (Å²) < 4.78 is 0. The van der Waals surface area contributed by atoms with Crippen molar-refractivity contribution in [3.63, 3.8) is 0 Å². The summed E-state index contributed by atoms with van der Waals surface area (Å²) in [5.74, 6) is 3.75. The van der Waals surface area contributed by atoms with Gasteiger partial charge >= 0.3 is 6.03 Å². The quantitative estimate of drug-likeness (QED) is 0.118. The average Bonchev–Trinajstić information content (AvgIpc) is 3.43. The normalized spacial score (nSPS) is 16.9. The predicted octanol–water partition coefficient (Wildman–Crippen LogP) is 3.44. The lowest BCUT2D eigenvalue weighted by molar-refractivity contribution is -0.136. The number of carbonyl (C=O) groups excluding carboxylic acids is 6. The molecule has 1 atom stereocenters. The molecular weight excluding hydrogens is 726 g/mol.